The second kappa shape index (κ2) is 5.93. The lowest BCUT2D eigenvalue weighted by molar-refractivity contribution is 0.102. The molecule has 2 aromatic rings. The highest BCUT2D eigenvalue weighted by atomic mass is 35.5. The molecule has 5 nitrogen and oxygen atoms in total. The van der Waals surface area contributed by atoms with Crippen LogP contribution in [-0.2, 0) is 0 Å². The largest absolute Gasteiger partial charge is 0.506 e. The number of carbonyl (C=O) groups excluding carboxylic acids is 1. The Bertz CT molecular complexity index is 702. The summed E-state index contributed by atoms with van der Waals surface area (Å²) >= 11 is 6.02. The molecule has 0 heterocycles. The van der Waals surface area contributed by atoms with E-state index >= 15 is 0 Å². The molecule has 21 heavy (non-hydrogen) atoms. The van der Waals surface area contributed by atoms with E-state index in [2.05, 4.69) is 5.32 Å². The Hall–Kier alpha value is -2.40. The van der Waals surface area contributed by atoms with Crippen LogP contribution >= 0.6 is 11.6 Å². The van der Waals surface area contributed by atoms with Crippen LogP contribution in [0.5, 0.6) is 11.5 Å². The summed E-state index contributed by atoms with van der Waals surface area (Å²) in [7, 11) is 1.49. The number of nitrogens with one attached hydrogen (secondary N) is 1. The number of nitrogens with two attached hydrogens (primary N) is 1. The van der Waals surface area contributed by atoms with Gasteiger partial charge in [-0.05, 0) is 36.8 Å². The van der Waals surface area contributed by atoms with E-state index in [1.165, 1.54) is 25.3 Å². The second-order valence-electron chi connectivity index (χ2n) is 4.53. The fourth-order valence-electron chi connectivity index (χ4n) is 1.81. The van der Waals surface area contributed by atoms with Crippen LogP contribution in [-0.4, -0.2) is 18.1 Å². The minimum absolute atomic E-state index is 0.137. The molecule has 0 aromatic heterocycles. The van der Waals surface area contributed by atoms with Gasteiger partial charge in [0.05, 0.1) is 18.5 Å². The molecule has 0 atom stereocenters. The van der Waals surface area contributed by atoms with Crippen molar-refractivity contribution >= 4 is 28.9 Å². The molecule has 1 amide bonds. The molecule has 0 unspecified atom stereocenters. The van der Waals surface area contributed by atoms with Gasteiger partial charge in [-0.1, -0.05) is 11.6 Å². The lowest BCUT2D eigenvalue weighted by Gasteiger charge is -2.12. The Balaban J connectivity index is 2.31. The third kappa shape index (κ3) is 3.20. The molecule has 0 saturated carbocycles. The lowest BCUT2D eigenvalue weighted by Crippen LogP contribution is -2.13. The summed E-state index contributed by atoms with van der Waals surface area (Å²) < 4.78 is 5.19. The number of phenolic OH excluding ortho intramolecular Hbond substituents is 1. The number of rotatable bonds is 3. The number of hydrogen-bond acceptors (Lipinski definition) is 4. The van der Waals surface area contributed by atoms with Gasteiger partial charge < -0.3 is 20.9 Å². The van der Waals surface area contributed by atoms with Gasteiger partial charge in [0, 0.05) is 16.7 Å². The maximum Gasteiger partial charge on any atom is 0.255 e. The Morgan fingerprint density at radius 3 is 2.67 bits per heavy atom. The van der Waals surface area contributed by atoms with E-state index in [0.717, 1.165) is 5.56 Å². The summed E-state index contributed by atoms with van der Waals surface area (Å²) in [6.45, 7) is 1.83. The Labute approximate surface area is 127 Å². The number of anilines is 2. The summed E-state index contributed by atoms with van der Waals surface area (Å²) in [6, 6.07) is 7.65. The van der Waals surface area contributed by atoms with Gasteiger partial charge in [0.25, 0.3) is 5.91 Å². The Morgan fingerprint density at radius 1 is 1.33 bits per heavy atom. The van der Waals surface area contributed by atoms with Crippen LogP contribution in [0.25, 0.3) is 0 Å². The molecule has 0 bridgehead atoms. The normalized spacial score (nSPS) is 10.2. The number of methoxy groups -OCH3 is 1. The van der Waals surface area contributed by atoms with Gasteiger partial charge >= 0.3 is 0 Å². The number of aromatic hydroxyl groups is 1. The van der Waals surface area contributed by atoms with Gasteiger partial charge in [0.2, 0.25) is 0 Å². The van der Waals surface area contributed by atoms with Crippen molar-refractivity contribution in [3.8, 4) is 11.5 Å². The number of aryl methyl sites for hydroxylation is 1. The molecule has 0 radical (unpaired) electrons. The number of hydrogen-bond donors (Lipinski definition) is 3. The predicted octanol–water partition coefficient (Wildman–Crippen LogP) is 3.20. The first kappa shape index (κ1) is 15.0. The van der Waals surface area contributed by atoms with Gasteiger partial charge in [-0.15, -0.1) is 0 Å². The van der Waals surface area contributed by atoms with E-state index in [9.17, 15) is 9.90 Å². The number of carbonyl (C=O) groups is 1. The molecule has 0 aliphatic heterocycles. The highest BCUT2D eigenvalue weighted by molar-refractivity contribution is 6.31. The van der Waals surface area contributed by atoms with Crippen LogP contribution in [0, 0.1) is 6.92 Å². The highest BCUT2D eigenvalue weighted by Gasteiger charge is 2.13. The Kier molecular flexibility index (Phi) is 4.23. The number of amides is 1. The van der Waals surface area contributed by atoms with E-state index in [1.807, 2.05) is 6.92 Å². The van der Waals surface area contributed by atoms with Crippen molar-refractivity contribution in [1.29, 1.82) is 0 Å². The van der Waals surface area contributed by atoms with Gasteiger partial charge in [-0.25, -0.2) is 0 Å². The van der Waals surface area contributed by atoms with E-state index in [-0.39, 0.29) is 22.9 Å². The number of phenols is 1. The maximum atomic E-state index is 12.2. The number of nitrogen functional groups attached to an aromatic ring is 1. The molecule has 2 rings (SSSR count). The smallest absolute Gasteiger partial charge is 0.255 e. The highest BCUT2D eigenvalue weighted by Crippen LogP contribution is 2.31. The SMILES string of the molecule is COc1cc(Cl)c(C)cc1NC(=O)c1ccc(N)c(O)c1. The molecule has 0 saturated heterocycles. The van der Waals surface area contributed by atoms with Gasteiger partial charge in [-0.3, -0.25) is 4.79 Å². The van der Waals surface area contributed by atoms with Crippen molar-refractivity contribution in [2.24, 2.45) is 0 Å². The summed E-state index contributed by atoms with van der Waals surface area (Å²) in [5.74, 6) is -0.0640. The van der Waals surface area contributed by atoms with Gasteiger partial charge in [0.15, 0.2) is 0 Å². The average molecular weight is 307 g/mol. The summed E-state index contributed by atoms with van der Waals surface area (Å²) in [6.07, 6.45) is 0. The van der Waals surface area contributed by atoms with Crippen molar-refractivity contribution in [3.05, 3.63) is 46.5 Å². The zero-order chi connectivity index (χ0) is 15.6. The molecule has 6 heteroatoms. The predicted molar refractivity (Wildman–Crippen MR) is 83.2 cm³/mol. The van der Waals surface area contributed by atoms with Crippen LogP contribution in [0.15, 0.2) is 30.3 Å². The van der Waals surface area contributed by atoms with E-state index in [4.69, 9.17) is 22.1 Å². The Morgan fingerprint density at radius 2 is 2.05 bits per heavy atom. The first-order chi connectivity index (χ1) is 9.92. The molecule has 0 aliphatic carbocycles. The summed E-state index contributed by atoms with van der Waals surface area (Å²) in [4.78, 5) is 12.2. The third-order valence-corrected chi connectivity index (χ3v) is 3.43. The van der Waals surface area contributed by atoms with Crippen molar-refractivity contribution in [2.45, 2.75) is 6.92 Å². The van der Waals surface area contributed by atoms with E-state index in [0.29, 0.717) is 16.5 Å². The fraction of sp³-hybridized carbons (Fsp3) is 0.133. The molecule has 0 aliphatic rings. The van der Waals surface area contributed by atoms with E-state index < -0.39 is 0 Å². The molecule has 110 valence electrons. The van der Waals surface area contributed by atoms with Gasteiger partial charge in [-0.2, -0.15) is 0 Å². The zero-order valence-corrected chi connectivity index (χ0v) is 12.4. The van der Waals surface area contributed by atoms with Crippen LogP contribution < -0.4 is 15.8 Å². The molecule has 0 fully saturated rings. The van der Waals surface area contributed by atoms with Crippen LogP contribution in [0.2, 0.25) is 5.02 Å². The topological polar surface area (TPSA) is 84.6 Å². The number of ether oxygens (including phenoxy) is 1. The van der Waals surface area contributed by atoms with Crippen molar-refractivity contribution in [3.63, 3.8) is 0 Å². The van der Waals surface area contributed by atoms with Crippen LogP contribution in [0.3, 0.4) is 0 Å². The van der Waals surface area contributed by atoms with Crippen molar-refractivity contribution in [2.75, 3.05) is 18.2 Å². The number of benzene rings is 2. The van der Waals surface area contributed by atoms with E-state index in [1.54, 1.807) is 12.1 Å². The maximum absolute atomic E-state index is 12.2. The van der Waals surface area contributed by atoms with Crippen molar-refractivity contribution < 1.29 is 14.6 Å². The first-order valence-corrected chi connectivity index (χ1v) is 6.54. The standard InChI is InChI=1S/C15H15ClN2O3/c1-8-5-12(14(21-2)7-10(8)16)18-15(20)9-3-4-11(17)13(19)6-9/h3-7,19H,17H2,1-2H3,(H,18,20). The lowest BCUT2D eigenvalue weighted by atomic mass is 10.1. The summed E-state index contributed by atoms with van der Waals surface area (Å²) in [5, 5.41) is 12.8. The third-order valence-electron chi connectivity index (χ3n) is 3.02. The minimum atomic E-state index is -0.384. The first-order valence-electron chi connectivity index (χ1n) is 6.16. The molecule has 4 N–H and O–H groups in total. The molecular weight excluding hydrogens is 292 g/mol. The fourth-order valence-corrected chi connectivity index (χ4v) is 1.96. The molecule has 0 spiro atoms. The average Bonchev–Trinajstić information content (AvgIpc) is 2.45. The summed E-state index contributed by atoms with van der Waals surface area (Å²) in [5.41, 5.74) is 7.32. The van der Waals surface area contributed by atoms with Crippen LogP contribution in [0.4, 0.5) is 11.4 Å². The monoisotopic (exact) mass is 306 g/mol. The van der Waals surface area contributed by atoms with Gasteiger partial charge in [0.1, 0.15) is 11.5 Å². The quantitative estimate of drug-likeness (QED) is 0.600. The molecular formula is C15H15ClN2O3. The molecule has 2 aromatic carbocycles. The minimum Gasteiger partial charge on any atom is -0.506 e. The number of halogens is 1. The zero-order valence-electron chi connectivity index (χ0n) is 11.6. The van der Waals surface area contributed by atoms with Crippen LogP contribution in [0.1, 0.15) is 15.9 Å². The second-order valence-corrected chi connectivity index (χ2v) is 4.94. The van der Waals surface area contributed by atoms with Crippen molar-refractivity contribution in [1.82, 2.24) is 0 Å².